The Morgan fingerprint density at radius 2 is 2.00 bits per heavy atom. The molecule has 0 amide bonds. The van der Waals surface area contributed by atoms with Crippen LogP contribution < -0.4 is 5.32 Å². The first-order valence-electron chi connectivity index (χ1n) is 8.74. The van der Waals surface area contributed by atoms with Crippen molar-refractivity contribution in [2.24, 2.45) is 17.8 Å². The van der Waals surface area contributed by atoms with E-state index >= 15 is 0 Å². The Balaban J connectivity index is 1.83. The average Bonchev–Trinajstić information content (AvgIpc) is 2.85. The maximum absolute atomic E-state index is 5.59. The predicted octanol–water partition coefficient (Wildman–Crippen LogP) is 2.76. The molecule has 2 saturated heterocycles. The number of nitrogens with zero attached hydrogens (tertiary/aromatic N) is 1. The molecule has 0 aromatic rings. The number of hydrogen-bond donors (Lipinski definition) is 1. The Morgan fingerprint density at radius 3 is 2.65 bits per heavy atom. The monoisotopic (exact) mass is 282 g/mol. The van der Waals surface area contributed by atoms with Gasteiger partial charge in [-0.2, -0.15) is 0 Å². The smallest absolute Gasteiger partial charge is 0.0510 e. The molecule has 3 heteroatoms. The van der Waals surface area contributed by atoms with Gasteiger partial charge in [-0.25, -0.2) is 0 Å². The van der Waals surface area contributed by atoms with E-state index in [-0.39, 0.29) is 0 Å². The Morgan fingerprint density at radius 1 is 1.15 bits per heavy atom. The molecule has 118 valence electrons. The minimum atomic E-state index is 0.623. The van der Waals surface area contributed by atoms with E-state index in [1.54, 1.807) is 0 Å². The summed E-state index contributed by atoms with van der Waals surface area (Å²) in [6.45, 7) is 13.8. The third-order valence-electron chi connectivity index (χ3n) is 5.26. The summed E-state index contributed by atoms with van der Waals surface area (Å²) < 4.78 is 5.59. The van der Waals surface area contributed by atoms with Gasteiger partial charge in [0.05, 0.1) is 6.61 Å². The summed E-state index contributed by atoms with van der Waals surface area (Å²) in [7, 11) is 0. The summed E-state index contributed by atoms with van der Waals surface area (Å²) >= 11 is 0. The summed E-state index contributed by atoms with van der Waals surface area (Å²) in [5.41, 5.74) is 0. The van der Waals surface area contributed by atoms with E-state index in [4.69, 9.17) is 4.74 Å². The van der Waals surface area contributed by atoms with Gasteiger partial charge in [-0.15, -0.1) is 0 Å². The zero-order valence-corrected chi connectivity index (χ0v) is 13.7. The summed E-state index contributed by atoms with van der Waals surface area (Å²) in [6, 6.07) is 0.623. The van der Waals surface area contributed by atoms with E-state index in [0.717, 1.165) is 37.5 Å². The molecule has 1 N–H and O–H groups in total. The van der Waals surface area contributed by atoms with E-state index in [0.29, 0.717) is 6.04 Å². The molecule has 0 bridgehead atoms. The highest BCUT2D eigenvalue weighted by atomic mass is 16.5. The van der Waals surface area contributed by atoms with Crippen molar-refractivity contribution in [3.8, 4) is 0 Å². The number of rotatable bonds is 6. The van der Waals surface area contributed by atoms with E-state index < -0.39 is 0 Å². The lowest BCUT2D eigenvalue weighted by atomic mass is 9.89. The van der Waals surface area contributed by atoms with Crippen LogP contribution in [0.25, 0.3) is 0 Å². The highest BCUT2D eigenvalue weighted by Crippen LogP contribution is 2.25. The first-order chi connectivity index (χ1) is 9.70. The van der Waals surface area contributed by atoms with Crippen LogP contribution in [0, 0.1) is 17.8 Å². The van der Waals surface area contributed by atoms with Crippen LogP contribution in [0.2, 0.25) is 0 Å². The van der Waals surface area contributed by atoms with Gasteiger partial charge in [-0.05, 0) is 57.2 Å². The van der Waals surface area contributed by atoms with Crippen molar-refractivity contribution < 1.29 is 4.74 Å². The minimum Gasteiger partial charge on any atom is -0.381 e. The zero-order chi connectivity index (χ0) is 14.4. The molecule has 2 heterocycles. The largest absolute Gasteiger partial charge is 0.381 e. The second-order valence-corrected chi connectivity index (χ2v) is 7.02. The van der Waals surface area contributed by atoms with Crippen LogP contribution in [0.15, 0.2) is 0 Å². The van der Waals surface area contributed by atoms with E-state index in [1.165, 1.54) is 45.3 Å². The van der Waals surface area contributed by atoms with Crippen LogP contribution in [0.3, 0.4) is 0 Å². The van der Waals surface area contributed by atoms with Gasteiger partial charge in [-0.3, -0.25) is 0 Å². The number of nitrogens with one attached hydrogen (secondary N) is 1. The molecule has 20 heavy (non-hydrogen) atoms. The number of likely N-dealkylation sites (N-methyl/N-ethyl adjacent to an activating group) is 1. The fraction of sp³-hybridized carbons (Fsp3) is 1.00. The standard InChI is InChI=1S/C17H34N2O/c1-4-18-17(16-8-11-20-13-16)12-19-9-5-6-15(7-10-19)14(2)3/h14-18H,4-13H2,1-3H3. The lowest BCUT2D eigenvalue weighted by molar-refractivity contribution is 0.161. The molecule has 0 aliphatic carbocycles. The van der Waals surface area contributed by atoms with Gasteiger partial charge in [0.25, 0.3) is 0 Å². The summed E-state index contributed by atoms with van der Waals surface area (Å²) in [5.74, 6) is 2.51. The first-order valence-corrected chi connectivity index (χ1v) is 8.74. The molecule has 0 saturated carbocycles. The summed E-state index contributed by atoms with van der Waals surface area (Å²) in [5, 5.41) is 3.70. The van der Waals surface area contributed by atoms with Crippen LogP contribution in [-0.2, 0) is 4.74 Å². The number of likely N-dealkylation sites (tertiary alicyclic amines) is 1. The Hall–Kier alpha value is -0.120. The highest BCUT2D eigenvalue weighted by Gasteiger charge is 2.28. The van der Waals surface area contributed by atoms with Gasteiger partial charge in [-0.1, -0.05) is 20.8 Å². The van der Waals surface area contributed by atoms with Crippen molar-refractivity contribution in [3.63, 3.8) is 0 Å². The maximum atomic E-state index is 5.59. The first kappa shape index (κ1) is 16.3. The normalized spacial score (nSPS) is 30.6. The van der Waals surface area contributed by atoms with Crippen LogP contribution in [-0.4, -0.2) is 50.3 Å². The number of ether oxygens (including phenoxy) is 1. The van der Waals surface area contributed by atoms with E-state index in [2.05, 4.69) is 31.0 Å². The molecule has 3 atom stereocenters. The predicted molar refractivity (Wildman–Crippen MR) is 85.0 cm³/mol. The van der Waals surface area contributed by atoms with Crippen molar-refractivity contribution in [2.75, 3.05) is 39.4 Å². The Labute approximate surface area is 125 Å². The van der Waals surface area contributed by atoms with Gasteiger partial charge in [0.2, 0.25) is 0 Å². The topological polar surface area (TPSA) is 24.5 Å². The molecule has 0 aromatic carbocycles. The third-order valence-corrected chi connectivity index (χ3v) is 5.26. The van der Waals surface area contributed by atoms with Gasteiger partial charge >= 0.3 is 0 Å². The number of hydrogen-bond acceptors (Lipinski definition) is 3. The van der Waals surface area contributed by atoms with Crippen LogP contribution in [0.5, 0.6) is 0 Å². The summed E-state index contributed by atoms with van der Waals surface area (Å²) in [4.78, 5) is 2.70. The van der Waals surface area contributed by atoms with Crippen LogP contribution in [0.1, 0.15) is 46.5 Å². The van der Waals surface area contributed by atoms with Gasteiger partial charge in [0.1, 0.15) is 0 Å². The SMILES string of the molecule is CCNC(CN1CCCC(C(C)C)CC1)C1CCOC1. The molecule has 3 unspecified atom stereocenters. The van der Waals surface area contributed by atoms with Crippen molar-refractivity contribution >= 4 is 0 Å². The third kappa shape index (κ3) is 4.71. The second kappa shape index (κ2) is 8.35. The second-order valence-electron chi connectivity index (χ2n) is 7.02. The van der Waals surface area contributed by atoms with Gasteiger partial charge in [0.15, 0.2) is 0 Å². The van der Waals surface area contributed by atoms with Crippen molar-refractivity contribution in [1.82, 2.24) is 10.2 Å². The molecule has 0 aromatic heterocycles. The molecule has 0 spiro atoms. The zero-order valence-electron chi connectivity index (χ0n) is 13.7. The minimum absolute atomic E-state index is 0.623. The van der Waals surface area contributed by atoms with E-state index in [9.17, 15) is 0 Å². The van der Waals surface area contributed by atoms with Crippen molar-refractivity contribution in [3.05, 3.63) is 0 Å². The maximum Gasteiger partial charge on any atom is 0.0510 e. The lowest BCUT2D eigenvalue weighted by Gasteiger charge is -2.30. The highest BCUT2D eigenvalue weighted by molar-refractivity contribution is 4.83. The molecule has 2 fully saturated rings. The molecular formula is C17H34N2O. The van der Waals surface area contributed by atoms with Crippen LogP contribution in [0.4, 0.5) is 0 Å². The molecule has 2 aliphatic rings. The average molecular weight is 282 g/mol. The van der Waals surface area contributed by atoms with Gasteiger partial charge < -0.3 is 15.0 Å². The van der Waals surface area contributed by atoms with Crippen molar-refractivity contribution in [1.29, 1.82) is 0 Å². The van der Waals surface area contributed by atoms with E-state index in [1.807, 2.05) is 0 Å². The van der Waals surface area contributed by atoms with Crippen LogP contribution >= 0.6 is 0 Å². The molecular weight excluding hydrogens is 248 g/mol. The fourth-order valence-corrected chi connectivity index (χ4v) is 3.82. The Kier molecular flexibility index (Phi) is 6.79. The van der Waals surface area contributed by atoms with Gasteiger partial charge in [0, 0.05) is 25.1 Å². The molecule has 2 aliphatic heterocycles. The molecule has 2 rings (SSSR count). The Bertz CT molecular complexity index is 264. The quantitative estimate of drug-likeness (QED) is 0.811. The molecule has 3 nitrogen and oxygen atoms in total. The lowest BCUT2D eigenvalue weighted by Crippen LogP contribution is -2.46. The van der Waals surface area contributed by atoms with Crippen molar-refractivity contribution in [2.45, 2.75) is 52.5 Å². The molecule has 0 radical (unpaired) electrons. The summed E-state index contributed by atoms with van der Waals surface area (Å²) in [6.07, 6.45) is 5.42. The fourth-order valence-electron chi connectivity index (χ4n) is 3.82.